The highest BCUT2D eigenvalue weighted by Gasteiger charge is 2.20. The number of hydrogen-bond donors (Lipinski definition) is 0. The zero-order valence-electron chi connectivity index (χ0n) is 9.72. The Labute approximate surface area is 101 Å². The number of fused-ring (bicyclic) bond motifs is 1. The normalized spacial score (nSPS) is 17.8. The van der Waals surface area contributed by atoms with Gasteiger partial charge in [-0.2, -0.15) is 0 Å². The highest BCUT2D eigenvalue weighted by molar-refractivity contribution is 5.74. The maximum Gasteiger partial charge on any atom is 0.169 e. The molecule has 17 heavy (non-hydrogen) atoms. The van der Waals surface area contributed by atoms with Crippen LogP contribution < -0.4 is 9.47 Å². The quantitative estimate of drug-likeness (QED) is 0.740. The Balaban J connectivity index is 2.12. The molecular weight excluding hydrogens is 212 g/mol. The van der Waals surface area contributed by atoms with Crippen LogP contribution in [0.3, 0.4) is 0 Å². The molecule has 2 heteroatoms. The lowest BCUT2D eigenvalue weighted by atomic mass is 10.0. The molecule has 0 bridgehead atoms. The molecule has 0 radical (unpaired) electrons. The maximum absolute atomic E-state index is 5.89. The maximum atomic E-state index is 5.89. The molecule has 0 spiro atoms. The molecule has 1 heterocycles. The van der Waals surface area contributed by atoms with E-state index in [0.29, 0.717) is 6.61 Å². The first kappa shape index (κ1) is 10.2. The summed E-state index contributed by atoms with van der Waals surface area (Å²) in [6.07, 6.45) is 0.104. The van der Waals surface area contributed by atoms with E-state index in [1.165, 1.54) is 0 Å². The number of ether oxygens (including phenoxy) is 2. The Morgan fingerprint density at radius 1 is 1.00 bits per heavy atom. The van der Waals surface area contributed by atoms with Gasteiger partial charge in [0.05, 0.1) is 0 Å². The van der Waals surface area contributed by atoms with E-state index in [0.717, 1.165) is 22.6 Å². The molecule has 0 N–H and O–H groups in total. The second-order valence-corrected chi connectivity index (χ2v) is 4.24. The van der Waals surface area contributed by atoms with Crippen molar-refractivity contribution < 1.29 is 9.47 Å². The molecule has 86 valence electrons. The summed E-state index contributed by atoms with van der Waals surface area (Å²) in [4.78, 5) is 0. The van der Waals surface area contributed by atoms with E-state index < -0.39 is 0 Å². The third-order valence-electron chi connectivity index (χ3n) is 2.86. The van der Waals surface area contributed by atoms with Gasteiger partial charge in [-0.05, 0) is 18.6 Å². The summed E-state index contributed by atoms with van der Waals surface area (Å²) in [5.41, 5.74) is 2.25. The van der Waals surface area contributed by atoms with Crippen LogP contribution in [0.4, 0.5) is 0 Å². The molecule has 3 rings (SSSR count). The lowest BCUT2D eigenvalue weighted by Gasteiger charge is -2.25. The monoisotopic (exact) mass is 226 g/mol. The number of para-hydroxylation sites is 1. The smallest absolute Gasteiger partial charge is 0.169 e. The lowest BCUT2D eigenvalue weighted by Crippen LogP contribution is -2.26. The molecule has 0 aliphatic carbocycles. The molecule has 1 aliphatic heterocycles. The summed E-state index contributed by atoms with van der Waals surface area (Å²) in [5.74, 6) is 1.70. The molecule has 2 aromatic rings. The average Bonchev–Trinajstić information content (AvgIpc) is 2.39. The van der Waals surface area contributed by atoms with Crippen molar-refractivity contribution in [3.63, 3.8) is 0 Å². The molecule has 1 atom stereocenters. The fraction of sp³-hybridized carbons (Fsp3) is 0.200. The van der Waals surface area contributed by atoms with Gasteiger partial charge >= 0.3 is 0 Å². The molecule has 0 saturated heterocycles. The van der Waals surface area contributed by atoms with Crippen molar-refractivity contribution in [2.24, 2.45) is 0 Å². The van der Waals surface area contributed by atoms with Crippen molar-refractivity contribution in [3.8, 4) is 22.6 Å². The summed E-state index contributed by atoms with van der Waals surface area (Å²) in [5, 5.41) is 0. The first-order valence-corrected chi connectivity index (χ1v) is 5.82. The molecule has 0 unspecified atom stereocenters. The van der Waals surface area contributed by atoms with Crippen molar-refractivity contribution in [1.29, 1.82) is 0 Å². The molecule has 0 aromatic heterocycles. The summed E-state index contributed by atoms with van der Waals surface area (Å²) in [6, 6.07) is 16.3. The van der Waals surface area contributed by atoms with Crippen LogP contribution in [-0.2, 0) is 0 Å². The Morgan fingerprint density at radius 3 is 2.65 bits per heavy atom. The second kappa shape index (κ2) is 4.13. The van der Waals surface area contributed by atoms with Crippen molar-refractivity contribution >= 4 is 0 Å². The zero-order chi connectivity index (χ0) is 11.7. The predicted octanol–water partition coefficient (Wildman–Crippen LogP) is 3.51. The minimum absolute atomic E-state index is 0.104. The standard InChI is InChI=1S/C15H14O2/c1-11-10-16-14-9-5-8-13(15(14)17-11)12-6-3-2-4-7-12/h2-9,11H,10H2,1H3/t11-/m0/s1. The van der Waals surface area contributed by atoms with Crippen LogP contribution in [0.2, 0.25) is 0 Å². The van der Waals surface area contributed by atoms with Gasteiger partial charge in [0.15, 0.2) is 11.5 Å². The first-order chi connectivity index (χ1) is 8.34. The topological polar surface area (TPSA) is 18.5 Å². The number of benzene rings is 2. The third-order valence-corrected chi connectivity index (χ3v) is 2.86. The van der Waals surface area contributed by atoms with Crippen LogP contribution in [0.5, 0.6) is 11.5 Å². The van der Waals surface area contributed by atoms with Crippen LogP contribution >= 0.6 is 0 Å². The van der Waals surface area contributed by atoms with E-state index in [2.05, 4.69) is 18.2 Å². The van der Waals surface area contributed by atoms with E-state index in [-0.39, 0.29) is 6.10 Å². The van der Waals surface area contributed by atoms with Gasteiger partial charge in [0.25, 0.3) is 0 Å². The van der Waals surface area contributed by atoms with E-state index in [1.807, 2.05) is 37.3 Å². The first-order valence-electron chi connectivity index (χ1n) is 5.82. The summed E-state index contributed by atoms with van der Waals surface area (Å²) >= 11 is 0. The van der Waals surface area contributed by atoms with E-state index in [9.17, 15) is 0 Å². The van der Waals surface area contributed by atoms with Gasteiger partial charge in [-0.25, -0.2) is 0 Å². The van der Waals surface area contributed by atoms with Gasteiger partial charge in [0.2, 0.25) is 0 Å². The van der Waals surface area contributed by atoms with E-state index in [1.54, 1.807) is 0 Å². The van der Waals surface area contributed by atoms with Crippen molar-refractivity contribution in [1.82, 2.24) is 0 Å². The van der Waals surface area contributed by atoms with Crippen LogP contribution in [0.25, 0.3) is 11.1 Å². The zero-order valence-corrected chi connectivity index (χ0v) is 9.72. The molecule has 0 amide bonds. The second-order valence-electron chi connectivity index (χ2n) is 4.24. The van der Waals surface area contributed by atoms with Crippen LogP contribution in [0, 0.1) is 0 Å². The van der Waals surface area contributed by atoms with Gasteiger partial charge in [0.1, 0.15) is 12.7 Å². The highest BCUT2D eigenvalue weighted by atomic mass is 16.6. The van der Waals surface area contributed by atoms with Crippen LogP contribution in [0.15, 0.2) is 48.5 Å². The summed E-state index contributed by atoms with van der Waals surface area (Å²) in [6.45, 7) is 2.63. The van der Waals surface area contributed by atoms with Crippen molar-refractivity contribution in [3.05, 3.63) is 48.5 Å². The molecule has 0 saturated carbocycles. The Bertz CT molecular complexity index is 520. The van der Waals surface area contributed by atoms with Gasteiger partial charge in [0, 0.05) is 5.56 Å². The SMILES string of the molecule is C[C@H]1COc2cccc(-c3ccccc3)c2O1. The van der Waals surface area contributed by atoms with Crippen molar-refractivity contribution in [2.45, 2.75) is 13.0 Å². The molecule has 2 nitrogen and oxygen atoms in total. The molecule has 1 aliphatic rings. The van der Waals surface area contributed by atoms with Gasteiger partial charge in [-0.3, -0.25) is 0 Å². The molecular formula is C15H14O2. The molecule has 0 fully saturated rings. The summed E-state index contributed by atoms with van der Waals surface area (Å²) in [7, 11) is 0. The highest BCUT2D eigenvalue weighted by Crippen LogP contribution is 2.40. The van der Waals surface area contributed by atoms with Gasteiger partial charge in [-0.1, -0.05) is 42.5 Å². The van der Waals surface area contributed by atoms with Gasteiger partial charge < -0.3 is 9.47 Å². The average molecular weight is 226 g/mol. The lowest BCUT2D eigenvalue weighted by molar-refractivity contribution is 0.105. The fourth-order valence-corrected chi connectivity index (χ4v) is 2.04. The van der Waals surface area contributed by atoms with Crippen LogP contribution in [0.1, 0.15) is 6.92 Å². The fourth-order valence-electron chi connectivity index (χ4n) is 2.04. The minimum Gasteiger partial charge on any atom is -0.486 e. The van der Waals surface area contributed by atoms with E-state index >= 15 is 0 Å². The Hall–Kier alpha value is -1.96. The Morgan fingerprint density at radius 2 is 1.82 bits per heavy atom. The van der Waals surface area contributed by atoms with Crippen LogP contribution in [-0.4, -0.2) is 12.7 Å². The number of rotatable bonds is 1. The van der Waals surface area contributed by atoms with Gasteiger partial charge in [-0.15, -0.1) is 0 Å². The minimum atomic E-state index is 0.104. The Kier molecular flexibility index (Phi) is 2.48. The number of hydrogen-bond acceptors (Lipinski definition) is 2. The largest absolute Gasteiger partial charge is 0.486 e. The third kappa shape index (κ3) is 1.86. The predicted molar refractivity (Wildman–Crippen MR) is 67.5 cm³/mol. The van der Waals surface area contributed by atoms with E-state index in [4.69, 9.17) is 9.47 Å². The summed E-state index contributed by atoms with van der Waals surface area (Å²) < 4.78 is 11.6. The van der Waals surface area contributed by atoms with Crippen molar-refractivity contribution in [2.75, 3.05) is 6.61 Å². The molecule has 2 aromatic carbocycles.